The highest BCUT2D eigenvalue weighted by Gasteiger charge is 2.28. The average molecular weight is 267 g/mol. The molecule has 1 atom stereocenters. The molecule has 0 aliphatic heterocycles. The molecule has 0 saturated heterocycles. The summed E-state index contributed by atoms with van der Waals surface area (Å²) in [6.07, 6.45) is -1.50. The minimum absolute atomic E-state index is 0.250. The molecule has 0 fully saturated rings. The molecule has 1 heterocycles. The van der Waals surface area contributed by atoms with Crippen LogP contribution in [0.2, 0.25) is 0 Å². The molecule has 5 nitrogen and oxygen atoms in total. The predicted molar refractivity (Wildman–Crippen MR) is 57.1 cm³/mol. The van der Waals surface area contributed by atoms with E-state index < -0.39 is 28.9 Å². The normalized spacial score (nSPS) is 13.6. The minimum Gasteiger partial charge on any atom is -0.587 e. The molecule has 1 rings (SSSR count). The molecular weight excluding hydrogens is 257 g/mol. The zero-order valence-corrected chi connectivity index (χ0v) is 10.1. The minimum atomic E-state index is -2.16. The maximum absolute atomic E-state index is 13.3. The summed E-state index contributed by atoms with van der Waals surface area (Å²) >= 11 is -1.39. The number of hydrogen-bond acceptors (Lipinski definition) is 4. The zero-order valence-electron chi connectivity index (χ0n) is 8.48. The van der Waals surface area contributed by atoms with Crippen molar-refractivity contribution in [3.8, 4) is 0 Å². The van der Waals surface area contributed by atoms with Crippen LogP contribution in [0.3, 0.4) is 0 Å². The number of halogens is 1. The van der Waals surface area contributed by atoms with E-state index in [2.05, 4.69) is 0 Å². The molecule has 8 heteroatoms. The highest BCUT2D eigenvalue weighted by molar-refractivity contribution is 7.92. The van der Waals surface area contributed by atoms with Gasteiger partial charge in [-0.05, 0) is 19.9 Å². The molecule has 1 unspecified atom stereocenters. The third-order valence-electron chi connectivity index (χ3n) is 1.61. The van der Waals surface area contributed by atoms with E-state index in [4.69, 9.17) is 5.11 Å². The predicted octanol–water partition coefficient (Wildman–Crippen LogP) is 1.40. The summed E-state index contributed by atoms with van der Waals surface area (Å²) in [6, 6.07) is 1.04. The first-order valence-electron chi connectivity index (χ1n) is 4.15. The van der Waals surface area contributed by atoms with Crippen LogP contribution >= 0.6 is 11.3 Å². The lowest BCUT2D eigenvalue weighted by Gasteiger charge is -2.13. The molecule has 0 aromatic carbocycles. The summed E-state index contributed by atoms with van der Waals surface area (Å²) in [4.78, 5) is 10.5. The van der Waals surface area contributed by atoms with Crippen molar-refractivity contribution in [2.24, 2.45) is 0 Å². The number of nitrogens with one attached hydrogen (secondary N) is 1. The summed E-state index contributed by atoms with van der Waals surface area (Å²) < 4.78 is 26.0. The van der Waals surface area contributed by atoms with Gasteiger partial charge >= 0.3 is 6.09 Å². The monoisotopic (exact) mass is 267 g/mol. The Bertz CT molecular complexity index is 401. The lowest BCUT2D eigenvalue weighted by molar-refractivity contribution is 0.0823. The van der Waals surface area contributed by atoms with Crippen LogP contribution in [0.5, 0.6) is 0 Å². The van der Waals surface area contributed by atoms with Crippen LogP contribution in [-0.4, -0.2) is 20.9 Å². The van der Waals surface area contributed by atoms with Crippen molar-refractivity contribution in [1.29, 1.82) is 0 Å². The molecule has 1 amide bonds. The number of hydrogen-bond donors (Lipinski definition) is 3. The van der Waals surface area contributed by atoms with Crippen molar-refractivity contribution in [3.05, 3.63) is 16.8 Å². The van der Waals surface area contributed by atoms with E-state index in [0.717, 1.165) is 17.4 Å². The van der Waals surface area contributed by atoms with E-state index >= 15 is 0 Å². The van der Waals surface area contributed by atoms with Crippen molar-refractivity contribution in [2.75, 3.05) is 0 Å². The molecule has 3 N–H and O–H groups in total. The number of aliphatic hydroxyl groups is 1. The van der Waals surface area contributed by atoms with E-state index in [-0.39, 0.29) is 9.09 Å². The Kier molecular flexibility index (Phi) is 3.79. The molecule has 0 radical (unpaired) electrons. The van der Waals surface area contributed by atoms with Crippen LogP contribution in [0.1, 0.15) is 18.7 Å². The molecule has 1 aromatic rings. The lowest BCUT2D eigenvalue weighted by atomic mass is 10.1. The molecule has 16 heavy (non-hydrogen) atoms. The molecule has 0 saturated carbocycles. The Morgan fingerprint density at radius 2 is 2.25 bits per heavy atom. The second-order valence-corrected chi connectivity index (χ2v) is 5.94. The zero-order chi connectivity index (χ0) is 12.5. The Morgan fingerprint density at radius 3 is 2.62 bits per heavy atom. The molecule has 1 aromatic heterocycles. The van der Waals surface area contributed by atoms with E-state index in [9.17, 15) is 18.8 Å². The third-order valence-corrected chi connectivity index (χ3v) is 4.42. The molecule has 0 aliphatic rings. The van der Waals surface area contributed by atoms with Crippen molar-refractivity contribution in [1.82, 2.24) is 4.72 Å². The highest BCUT2D eigenvalue weighted by atomic mass is 32.2. The number of carboxylic acid groups (broad SMARTS) is 1. The summed E-state index contributed by atoms with van der Waals surface area (Å²) in [5.74, 6) is -0.797. The number of thiophene rings is 1. The maximum atomic E-state index is 13.3. The first kappa shape index (κ1) is 13.2. The third kappa shape index (κ3) is 3.08. The van der Waals surface area contributed by atoms with Crippen LogP contribution in [-0.2, 0) is 17.0 Å². The van der Waals surface area contributed by atoms with Crippen molar-refractivity contribution in [3.63, 3.8) is 0 Å². The van der Waals surface area contributed by atoms with Crippen LogP contribution in [0.15, 0.2) is 10.3 Å². The summed E-state index contributed by atoms with van der Waals surface area (Å²) in [5, 5.41) is 17.9. The van der Waals surface area contributed by atoms with Crippen LogP contribution in [0.25, 0.3) is 0 Å². The summed E-state index contributed by atoms with van der Waals surface area (Å²) in [5.41, 5.74) is -1.25. The summed E-state index contributed by atoms with van der Waals surface area (Å²) in [6.45, 7) is 2.91. The fourth-order valence-electron chi connectivity index (χ4n) is 0.906. The van der Waals surface area contributed by atoms with E-state index in [0.29, 0.717) is 0 Å². The standard InChI is InChI=1S/C8H10FNO4S2/c1-8(2,13)5-3-4(9)6(15-5)16(14)10-7(11)12/h3,10,13H,1-2H3,(H,11,12). The van der Waals surface area contributed by atoms with Gasteiger partial charge in [-0.1, -0.05) is 11.3 Å². The van der Waals surface area contributed by atoms with E-state index in [1.54, 1.807) is 4.72 Å². The molecule has 90 valence electrons. The smallest absolute Gasteiger partial charge is 0.446 e. The van der Waals surface area contributed by atoms with Gasteiger partial charge in [0.1, 0.15) is 11.4 Å². The van der Waals surface area contributed by atoms with Gasteiger partial charge < -0.3 is 14.8 Å². The van der Waals surface area contributed by atoms with E-state index in [1.165, 1.54) is 13.8 Å². The van der Waals surface area contributed by atoms with Gasteiger partial charge in [0.05, 0.1) is 5.60 Å². The Labute approximate surface area is 98.2 Å². The van der Waals surface area contributed by atoms with Crippen molar-refractivity contribution >= 4 is 28.8 Å². The number of amides is 1. The second kappa shape index (κ2) is 4.58. The highest BCUT2D eigenvalue weighted by Crippen LogP contribution is 2.32. The Hall–Kier alpha value is -0.830. The van der Waals surface area contributed by atoms with Gasteiger partial charge in [-0.2, -0.15) is 0 Å². The van der Waals surface area contributed by atoms with Crippen molar-refractivity contribution < 1.29 is 24.0 Å². The van der Waals surface area contributed by atoms with Crippen LogP contribution < -0.4 is 4.72 Å². The fraction of sp³-hybridized carbons (Fsp3) is 0.375. The van der Waals surface area contributed by atoms with Crippen molar-refractivity contribution in [2.45, 2.75) is 23.7 Å². The van der Waals surface area contributed by atoms with Gasteiger partial charge in [0.2, 0.25) is 0 Å². The Morgan fingerprint density at radius 1 is 1.69 bits per heavy atom. The molecular formula is C8H10FNO4S2. The van der Waals surface area contributed by atoms with Gasteiger partial charge in [-0.15, -0.1) is 4.72 Å². The van der Waals surface area contributed by atoms with Gasteiger partial charge in [-0.25, -0.2) is 9.18 Å². The average Bonchev–Trinajstić information content (AvgIpc) is 2.44. The van der Waals surface area contributed by atoms with Gasteiger partial charge in [-0.3, -0.25) is 0 Å². The quantitative estimate of drug-likeness (QED) is 0.722. The summed E-state index contributed by atoms with van der Waals surface area (Å²) in [7, 11) is 0. The largest absolute Gasteiger partial charge is 0.587 e. The van der Waals surface area contributed by atoms with Gasteiger partial charge in [0, 0.05) is 4.88 Å². The van der Waals surface area contributed by atoms with Crippen LogP contribution in [0, 0.1) is 5.82 Å². The topological polar surface area (TPSA) is 92.6 Å². The lowest BCUT2D eigenvalue weighted by Crippen LogP contribution is -2.28. The SMILES string of the molecule is CC(C)(O)c1cc(F)c([S+]([O-])NC(=O)O)s1. The first-order valence-corrected chi connectivity index (χ1v) is 6.12. The van der Waals surface area contributed by atoms with Gasteiger partial charge in [0.25, 0.3) is 4.21 Å². The first-order chi connectivity index (χ1) is 7.21. The maximum Gasteiger partial charge on any atom is 0.446 e. The molecule has 0 aliphatic carbocycles. The van der Waals surface area contributed by atoms with Crippen LogP contribution in [0.4, 0.5) is 9.18 Å². The van der Waals surface area contributed by atoms with E-state index in [1.807, 2.05) is 0 Å². The Balaban J connectivity index is 2.98. The van der Waals surface area contributed by atoms with Gasteiger partial charge in [0.15, 0.2) is 5.82 Å². The fourth-order valence-corrected chi connectivity index (χ4v) is 2.86. The second-order valence-electron chi connectivity index (χ2n) is 3.48. The number of carbonyl (C=O) groups is 1. The molecule has 0 spiro atoms. The number of rotatable bonds is 3. The molecule has 0 bridgehead atoms.